The Morgan fingerprint density at radius 3 is 2.80 bits per heavy atom. The highest BCUT2D eigenvalue weighted by molar-refractivity contribution is 5.69. The monoisotopic (exact) mass is 145 g/mol. The van der Waals surface area contributed by atoms with Crippen LogP contribution in [0.1, 0.15) is 13.3 Å². The van der Waals surface area contributed by atoms with Gasteiger partial charge in [0, 0.05) is 6.92 Å². The normalized spacial score (nSPS) is 33.7. The van der Waals surface area contributed by atoms with Crippen LogP contribution < -0.4 is 15.7 Å². The molecule has 1 fully saturated rings. The Balaban J connectivity index is 2.39. The van der Waals surface area contributed by atoms with Crippen LogP contribution in [0.5, 0.6) is 0 Å². The van der Waals surface area contributed by atoms with Gasteiger partial charge >= 0.3 is 0 Å². The van der Waals surface area contributed by atoms with Gasteiger partial charge in [-0.1, -0.05) is 0 Å². The number of carbonyl (C=O) groups is 1. The first-order chi connectivity index (χ1) is 4.70. The number of hydrogen-bond acceptors (Lipinski definition) is 2. The van der Waals surface area contributed by atoms with Crippen LogP contribution in [0.2, 0.25) is 0 Å². The van der Waals surface area contributed by atoms with E-state index in [9.17, 15) is 9.90 Å². The molecule has 0 radical (unpaired) electrons. The number of hydrogen-bond donors (Lipinski definition) is 2. The number of rotatable bonds is 1. The van der Waals surface area contributed by atoms with Crippen molar-refractivity contribution in [1.29, 1.82) is 0 Å². The van der Waals surface area contributed by atoms with Crippen LogP contribution in [0.15, 0.2) is 0 Å². The van der Waals surface area contributed by atoms with Gasteiger partial charge < -0.3 is 9.90 Å². The van der Waals surface area contributed by atoms with E-state index in [0.717, 1.165) is 6.54 Å². The summed E-state index contributed by atoms with van der Waals surface area (Å²) in [6.07, 6.45) is 1.05. The molecule has 0 bridgehead atoms. The average molecular weight is 145 g/mol. The minimum Gasteiger partial charge on any atom is -0.544 e. The smallest absolute Gasteiger partial charge is 0.208 e. The van der Waals surface area contributed by atoms with E-state index in [2.05, 4.69) is 5.32 Å². The second-order valence-corrected chi connectivity index (χ2v) is 2.79. The Labute approximate surface area is 59.6 Å². The first-order valence-corrected chi connectivity index (χ1v) is 3.59. The molecule has 0 aromatic rings. The fraction of sp³-hybridized carbons (Fsp3) is 0.833. The molecule has 0 saturated carbocycles. The summed E-state index contributed by atoms with van der Waals surface area (Å²) in [5, 5.41) is 14.3. The van der Waals surface area contributed by atoms with E-state index in [4.69, 9.17) is 0 Å². The molecule has 0 aromatic carbocycles. The molecule has 58 valence electrons. The SMILES string of the molecule is CC1[NH2+]CC[C@@H](C(=O)[O-])[NH2+]1. The summed E-state index contributed by atoms with van der Waals surface area (Å²) in [6, 6.07) is -0.319. The first-order valence-electron chi connectivity index (χ1n) is 3.59. The Kier molecular flexibility index (Phi) is 2.24. The maximum atomic E-state index is 10.3. The average Bonchev–Trinajstić information content (AvgIpc) is 1.88. The largest absolute Gasteiger partial charge is 0.544 e. The zero-order chi connectivity index (χ0) is 7.56. The highest BCUT2D eigenvalue weighted by Crippen LogP contribution is 1.82. The van der Waals surface area contributed by atoms with Crippen molar-refractivity contribution in [2.45, 2.75) is 25.6 Å². The van der Waals surface area contributed by atoms with E-state index in [1.165, 1.54) is 0 Å². The molecule has 1 saturated heterocycles. The maximum Gasteiger partial charge on any atom is 0.208 e. The summed E-state index contributed by atoms with van der Waals surface area (Å²) < 4.78 is 0. The molecule has 1 unspecified atom stereocenters. The van der Waals surface area contributed by atoms with E-state index in [1.807, 2.05) is 12.2 Å². The predicted octanol–water partition coefficient (Wildman–Crippen LogP) is -4.02. The number of nitrogens with two attached hydrogens (primary N) is 2. The van der Waals surface area contributed by atoms with Gasteiger partial charge in [-0.25, -0.2) is 0 Å². The third-order valence-corrected chi connectivity index (χ3v) is 1.85. The third kappa shape index (κ3) is 1.68. The van der Waals surface area contributed by atoms with E-state index in [1.54, 1.807) is 0 Å². The molecule has 0 aliphatic carbocycles. The summed E-state index contributed by atoms with van der Waals surface area (Å²) in [6.45, 7) is 2.89. The lowest BCUT2D eigenvalue weighted by atomic mass is 10.1. The van der Waals surface area contributed by atoms with Gasteiger partial charge in [0.1, 0.15) is 6.04 Å². The van der Waals surface area contributed by atoms with Gasteiger partial charge in [0.05, 0.1) is 18.9 Å². The molecule has 1 aliphatic rings. The second kappa shape index (κ2) is 2.98. The Morgan fingerprint density at radius 1 is 1.70 bits per heavy atom. The van der Waals surface area contributed by atoms with Gasteiger partial charge in [-0.15, -0.1) is 0 Å². The van der Waals surface area contributed by atoms with Gasteiger partial charge in [0.15, 0.2) is 0 Å². The van der Waals surface area contributed by atoms with E-state index >= 15 is 0 Å². The summed E-state index contributed by atoms with van der Waals surface area (Å²) in [7, 11) is 0. The third-order valence-electron chi connectivity index (χ3n) is 1.85. The van der Waals surface area contributed by atoms with E-state index in [0.29, 0.717) is 12.6 Å². The fourth-order valence-corrected chi connectivity index (χ4v) is 1.28. The molecule has 4 nitrogen and oxygen atoms in total. The van der Waals surface area contributed by atoms with Crippen molar-refractivity contribution in [2.75, 3.05) is 6.54 Å². The standard InChI is InChI=1S/C6H12N2O2/c1-4-7-3-2-5(8-4)6(9)10/h4-5,7-8H,2-3H2,1H3,(H,9,10)/p+1/t4?,5-/m0/s1. The first kappa shape index (κ1) is 7.50. The Hall–Kier alpha value is -0.610. The molecule has 4 heteroatoms. The van der Waals surface area contributed by atoms with Crippen molar-refractivity contribution >= 4 is 5.97 Å². The van der Waals surface area contributed by atoms with Gasteiger partial charge in [-0.3, -0.25) is 10.6 Å². The quantitative estimate of drug-likeness (QED) is 0.394. The van der Waals surface area contributed by atoms with Crippen molar-refractivity contribution in [1.82, 2.24) is 0 Å². The number of carboxylic acid groups (broad SMARTS) is 1. The lowest BCUT2D eigenvalue weighted by Crippen LogP contribution is -3.17. The molecule has 4 N–H and O–H groups in total. The summed E-state index contributed by atoms with van der Waals surface area (Å²) in [5.41, 5.74) is 0. The zero-order valence-electron chi connectivity index (χ0n) is 6.04. The minimum absolute atomic E-state index is 0.319. The van der Waals surface area contributed by atoms with Gasteiger partial charge in [-0.05, 0) is 0 Å². The summed E-state index contributed by atoms with van der Waals surface area (Å²) in [5.74, 6) is -0.931. The maximum absolute atomic E-state index is 10.3. The lowest BCUT2D eigenvalue weighted by molar-refractivity contribution is -0.929. The van der Waals surface area contributed by atoms with Gasteiger partial charge in [0.2, 0.25) is 6.17 Å². The van der Waals surface area contributed by atoms with Crippen LogP contribution in [0, 0.1) is 0 Å². The molecular formula is C6H13N2O2+. The van der Waals surface area contributed by atoms with Crippen LogP contribution >= 0.6 is 0 Å². The number of carbonyl (C=O) groups excluding carboxylic acids is 1. The van der Waals surface area contributed by atoms with Gasteiger partial charge in [-0.2, -0.15) is 0 Å². The predicted molar refractivity (Wildman–Crippen MR) is 31.6 cm³/mol. The van der Waals surface area contributed by atoms with Crippen LogP contribution in [-0.4, -0.2) is 24.7 Å². The lowest BCUT2D eigenvalue weighted by Gasteiger charge is -2.23. The Bertz CT molecular complexity index is 138. The van der Waals surface area contributed by atoms with Crippen LogP contribution in [-0.2, 0) is 4.79 Å². The fourth-order valence-electron chi connectivity index (χ4n) is 1.28. The van der Waals surface area contributed by atoms with E-state index in [-0.39, 0.29) is 6.04 Å². The molecule has 0 amide bonds. The molecule has 10 heavy (non-hydrogen) atoms. The van der Waals surface area contributed by atoms with Crippen molar-refractivity contribution in [3.05, 3.63) is 0 Å². The van der Waals surface area contributed by atoms with Crippen LogP contribution in [0.25, 0.3) is 0 Å². The molecule has 2 atom stereocenters. The van der Waals surface area contributed by atoms with Crippen LogP contribution in [0.4, 0.5) is 0 Å². The zero-order valence-corrected chi connectivity index (χ0v) is 6.04. The molecule has 1 aliphatic heterocycles. The van der Waals surface area contributed by atoms with Crippen molar-refractivity contribution < 1.29 is 20.5 Å². The summed E-state index contributed by atoms with van der Waals surface area (Å²) >= 11 is 0. The molecular weight excluding hydrogens is 132 g/mol. The van der Waals surface area contributed by atoms with Crippen molar-refractivity contribution in [2.24, 2.45) is 0 Å². The number of quaternary nitrogens is 2. The molecule has 1 rings (SSSR count). The second-order valence-electron chi connectivity index (χ2n) is 2.79. The van der Waals surface area contributed by atoms with E-state index < -0.39 is 5.97 Å². The highest BCUT2D eigenvalue weighted by Gasteiger charge is 2.24. The summed E-state index contributed by atoms with van der Waals surface area (Å²) in [4.78, 5) is 10.3. The van der Waals surface area contributed by atoms with Crippen molar-refractivity contribution in [3.8, 4) is 0 Å². The molecule has 1 heterocycles. The molecule has 0 spiro atoms. The topological polar surface area (TPSA) is 73.3 Å². The number of carboxylic acids is 1. The highest BCUT2D eigenvalue weighted by atomic mass is 16.4. The van der Waals surface area contributed by atoms with Gasteiger partial charge in [0.25, 0.3) is 0 Å². The van der Waals surface area contributed by atoms with Crippen molar-refractivity contribution in [3.63, 3.8) is 0 Å². The van der Waals surface area contributed by atoms with Crippen LogP contribution in [0.3, 0.4) is 0 Å². The number of aliphatic carboxylic acids is 1. The Morgan fingerprint density at radius 2 is 2.40 bits per heavy atom. The minimum atomic E-state index is -0.931. The molecule has 0 aromatic heterocycles.